The normalized spacial score (nSPS) is 12.1. The molecule has 0 aliphatic heterocycles. The van der Waals surface area contributed by atoms with Crippen LogP contribution in [0.25, 0.3) is 11.1 Å². The number of hydrogen-bond donors (Lipinski definition) is 0. The van der Waals surface area contributed by atoms with Gasteiger partial charge in [-0.25, -0.2) is 0 Å². The van der Waals surface area contributed by atoms with Crippen LogP contribution in [-0.4, -0.2) is 22.7 Å². The fourth-order valence-corrected chi connectivity index (χ4v) is 2.99. The van der Waals surface area contributed by atoms with E-state index < -0.39 is 35.1 Å². The molecule has 1 amide bonds. The first-order valence-corrected chi connectivity index (χ1v) is 8.55. The number of carbonyl (C=O) groups excluding carboxylic acids is 1. The summed E-state index contributed by atoms with van der Waals surface area (Å²) >= 11 is 0. The van der Waals surface area contributed by atoms with E-state index in [4.69, 9.17) is 0 Å². The summed E-state index contributed by atoms with van der Waals surface area (Å²) < 4.78 is 79.0. The second-order valence-electron chi connectivity index (χ2n) is 6.52. The highest BCUT2D eigenvalue weighted by Crippen LogP contribution is 2.36. The van der Waals surface area contributed by atoms with Crippen LogP contribution in [0.15, 0.2) is 54.7 Å². The fourth-order valence-electron chi connectivity index (χ4n) is 2.99. The molecule has 1 heterocycles. The summed E-state index contributed by atoms with van der Waals surface area (Å²) in [5.41, 5.74) is -1.78. The number of hydrogen-bond acceptors (Lipinski definition) is 2. The van der Waals surface area contributed by atoms with E-state index in [9.17, 15) is 31.1 Å². The first-order valence-electron chi connectivity index (χ1n) is 8.55. The maximum Gasteiger partial charge on any atom is 0.435 e. The highest BCUT2D eigenvalue weighted by atomic mass is 19.4. The highest BCUT2D eigenvalue weighted by Gasteiger charge is 2.40. The Morgan fingerprint density at radius 1 is 0.933 bits per heavy atom. The largest absolute Gasteiger partial charge is 0.435 e. The predicted octanol–water partition coefficient (Wildman–Crippen LogP) is 5.40. The molecule has 158 valence electrons. The molecule has 0 saturated carbocycles. The molecule has 2 aromatic carbocycles. The monoisotopic (exact) mass is 427 g/mol. The number of carbonyl (C=O) groups is 1. The average molecular weight is 427 g/mol. The van der Waals surface area contributed by atoms with E-state index in [-0.39, 0.29) is 5.69 Å². The molecule has 0 unspecified atom stereocenters. The van der Waals surface area contributed by atoms with Crippen molar-refractivity contribution in [3.05, 3.63) is 71.5 Å². The van der Waals surface area contributed by atoms with Crippen molar-refractivity contribution in [2.24, 2.45) is 7.05 Å². The standard InChI is InChI=1S/C20H15F6N3O/c1-28-11-15(17(27-28)20(24,25)26)18(30)29(2)16-6-4-3-5-14(16)12-7-9-13(10-8-12)19(21,22)23/h3-11H,1-2H3. The van der Waals surface area contributed by atoms with Crippen LogP contribution in [0, 0.1) is 0 Å². The lowest BCUT2D eigenvalue weighted by molar-refractivity contribution is -0.141. The van der Waals surface area contributed by atoms with Crippen LogP contribution in [0.3, 0.4) is 0 Å². The molecule has 0 fully saturated rings. The molecule has 0 atom stereocenters. The van der Waals surface area contributed by atoms with Crippen LogP contribution >= 0.6 is 0 Å². The van der Waals surface area contributed by atoms with Crippen LogP contribution in [-0.2, 0) is 19.4 Å². The van der Waals surface area contributed by atoms with Gasteiger partial charge in [0.1, 0.15) is 0 Å². The summed E-state index contributed by atoms with van der Waals surface area (Å²) in [6.45, 7) is 0. The van der Waals surface area contributed by atoms with Gasteiger partial charge >= 0.3 is 12.4 Å². The second-order valence-corrected chi connectivity index (χ2v) is 6.52. The van der Waals surface area contributed by atoms with Gasteiger partial charge in [0.15, 0.2) is 5.69 Å². The van der Waals surface area contributed by atoms with Crippen LogP contribution in [0.5, 0.6) is 0 Å². The molecule has 0 radical (unpaired) electrons. The molecule has 3 rings (SSSR count). The van der Waals surface area contributed by atoms with Crippen molar-refractivity contribution < 1.29 is 31.1 Å². The zero-order valence-electron chi connectivity index (χ0n) is 15.7. The van der Waals surface area contributed by atoms with E-state index >= 15 is 0 Å². The maximum absolute atomic E-state index is 13.2. The predicted molar refractivity (Wildman–Crippen MR) is 97.8 cm³/mol. The number of alkyl halides is 6. The van der Waals surface area contributed by atoms with Gasteiger partial charge in [0, 0.05) is 25.9 Å². The number of amides is 1. The lowest BCUT2D eigenvalue weighted by Gasteiger charge is -2.21. The molecule has 0 aliphatic carbocycles. The minimum atomic E-state index is -4.82. The molecule has 0 N–H and O–H groups in total. The summed E-state index contributed by atoms with van der Waals surface area (Å²) in [6, 6.07) is 10.5. The molecule has 10 heteroatoms. The quantitative estimate of drug-likeness (QED) is 0.525. The number of halogens is 6. The Hall–Kier alpha value is -3.30. The Bertz CT molecular complexity index is 1070. The van der Waals surface area contributed by atoms with Crippen LogP contribution in [0.1, 0.15) is 21.6 Å². The Morgan fingerprint density at radius 3 is 2.10 bits per heavy atom. The van der Waals surface area contributed by atoms with Crippen LogP contribution in [0.4, 0.5) is 32.0 Å². The van der Waals surface area contributed by atoms with Crippen molar-refractivity contribution in [3.63, 3.8) is 0 Å². The van der Waals surface area contributed by atoms with E-state index in [1.54, 1.807) is 18.2 Å². The van der Waals surface area contributed by atoms with Gasteiger partial charge in [-0.15, -0.1) is 0 Å². The van der Waals surface area contributed by atoms with Gasteiger partial charge in [-0.05, 0) is 23.8 Å². The summed E-state index contributed by atoms with van der Waals surface area (Å²) in [6.07, 6.45) is -8.35. The van der Waals surface area contributed by atoms with Gasteiger partial charge in [0.05, 0.1) is 16.8 Å². The van der Waals surface area contributed by atoms with Crippen molar-refractivity contribution in [3.8, 4) is 11.1 Å². The van der Waals surface area contributed by atoms with Crippen molar-refractivity contribution in [2.45, 2.75) is 12.4 Å². The molecular weight excluding hydrogens is 412 g/mol. The third-order valence-electron chi connectivity index (χ3n) is 4.42. The molecule has 1 aromatic heterocycles. The van der Waals surface area contributed by atoms with Crippen LogP contribution < -0.4 is 4.90 Å². The number of para-hydroxylation sites is 1. The van der Waals surface area contributed by atoms with Crippen molar-refractivity contribution >= 4 is 11.6 Å². The zero-order chi connectivity index (χ0) is 22.3. The number of aromatic nitrogens is 2. The third kappa shape index (κ3) is 4.17. The molecule has 0 bridgehead atoms. The zero-order valence-corrected chi connectivity index (χ0v) is 15.7. The fraction of sp³-hybridized carbons (Fsp3) is 0.200. The Labute approximate surface area is 167 Å². The highest BCUT2D eigenvalue weighted by molar-refractivity contribution is 6.08. The number of anilines is 1. The van der Waals surface area contributed by atoms with Crippen molar-refractivity contribution in [1.29, 1.82) is 0 Å². The number of nitrogens with zero attached hydrogens (tertiary/aromatic N) is 3. The first-order chi connectivity index (χ1) is 13.9. The summed E-state index contributed by atoms with van der Waals surface area (Å²) in [7, 11) is 2.56. The van der Waals surface area contributed by atoms with Crippen molar-refractivity contribution in [1.82, 2.24) is 9.78 Å². The Morgan fingerprint density at radius 2 is 1.53 bits per heavy atom. The summed E-state index contributed by atoms with van der Waals surface area (Å²) in [4.78, 5) is 13.8. The van der Waals surface area contributed by atoms with Gasteiger partial charge in [-0.1, -0.05) is 30.3 Å². The molecule has 3 aromatic rings. The number of aryl methyl sites for hydroxylation is 1. The Kier molecular flexibility index (Phi) is 5.36. The van der Waals surface area contributed by atoms with Gasteiger partial charge in [0.25, 0.3) is 5.91 Å². The molecule has 0 aliphatic rings. The van der Waals surface area contributed by atoms with Gasteiger partial charge in [-0.3, -0.25) is 9.48 Å². The lowest BCUT2D eigenvalue weighted by Crippen LogP contribution is -2.28. The summed E-state index contributed by atoms with van der Waals surface area (Å²) in [5, 5.41) is 3.33. The SMILES string of the molecule is CN(C(=O)c1cn(C)nc1C(F)(F)F)c1ccccc1-c1ccc(C(F)(F)F)cc1. The summed E-state index contributed by atoms with van der Waals surface area (Å²) in [5.74, 6) is -0.949. The average Bonchev–Trinajstić information content (AvgIpc) is 3.08. The maximum atomic E-state index is 13.2. The molecule has 0 saturated heterocycles. The second kappa shape index (κ2) is 7.51. The van der Waals surface area contributed by atoms with Crippen molar-refractivity contribution in [2.75, 3.05) is 11.9 Å². The number of rotatable bonds is 3. The molecular formula is C20H15F6N3O. The van der Waals surface area contributed by atoms with Gasteiger partial charge < -0.3 is 4.90 Å². The Balaban J connectivity index is 2.01. The van der Waals surface area contributed by atoms with Crippen LogP contribution in [0.2, 0.25) is 0 Å². The number of benzene rings is 2. The minimum Gasteiger partial charge on any atom is -0.311 e. The van der Waals surface area contributed by atoms with E-state index in [1.165, 1.54) is 32.3 Å². The van der Waals surface area contributed by atoms with Gasteiger partial charge in [0.2, 0.25) is 0 Å². The molecule has 0 spiro atoms. The van der Waals surface area contributed by atoms with E-state index in [0.717, 1.165) is 27.9 Å². The molecule has 4 nitrogen and oxygen atoms in total. The van der Waals surface area contributed by atoms with Gasteiger partial charge in [-0.2, -0.15) is 31.4 Å². The topological polar surface area (TPSA) is 38.1 Å². The van der Waals surface area contributed by atoms with E-state index in [0.29, 0.717) is 11.1 Å². The third-order valence-corrected chi connectivity index (χ3v) is 4.42. The smallest absolute Gasteiger partial charge is 0.311 e. The lowest BCUT2D eigenvalue weighted by atomic mass is 10.0. The first kappa shape index (κ1) is 21.4. The van der Waals surface area contributed by atoms with E-state index in [1.807, 2.05) is 0 Å². The molecule has 30 heavy (non-hydrogen) atoms. The van der Waals surface area contributed by atoms with E-state index in [2.05, 4.69) is 5.10 Å². The minimum absolute atomic E-state index is 0.235.